The topological polar surface area (TPSA) is 62.1 Å². The number of rotatable bonds is 5. The van der Waals surface area contributed by atoms with Gasteiger partial charge in [-0.15, -0.1) is 0 Å². The van der Waals surface area contributed by atoms with Crippen molar-refractivity contribution in [2.24, 2.45) is 0 Å². The zero-order chi connectivity index (χ0) is 12.7. The van der Waals surface area contributed by atoms with Crippen LogP contribution < -0.4 is 5.32 Å². The molecule has 1 rings (SSSR count). The molecular formula is C12H13BrN2O2. The normalized spacial score (nSPS) is 9.71. The molecule has 0 aromatic heterocycles. The molecule has 0 spiro atoms. The second-order valence-corrected chi connectivity index (χ2v) is 4.36. The molecule has 1 aromatic rings. The van der Waals surface area contributed by atoms with Crippen molar-refractivity contribution in [2.45, 2.75) is 12.8 Å². The number of nitriles is 1. The number of ether oxygens (including phenoxy) is 1. The summed E-state index contributed by atoms with van der Waals surface area (Å²) in [5.74, 6) is -0.110. The van der Waals surface area contributed by atoms with Crippen LogP contribution in [0.15, 0.2) is 22.7 Å². The van der Waals surface area contributed by atoms with Gasteiger partial charge >= 0.3 is 0 Å². The molecule has 1 amide bonds. The van der Waals surface area contributed by atoms with Crippen molar-refractivity contribution in [2.75, 3.05) is 19.0 Å². The van der Waals surface area contributed by atoms with E-state index in [1.807, 2.05) is 6.07 Å². The number of carbonyl (C=O) groups is 1. The highest BCUT2D eigenvalue weighted by atomic mass is 79.9. The van der Waals surface area contributed by atoms with Crippen molar-refractivity contribution < 1.29 is 9.53 Å². The minimum atomic E-state index is -0.110. The molecule has 0 atom stereocenters. The average molecular weight is 297 g/mol. The van der Waals surface area contributed by atoms with E-state index in [1.165, 1.54) is 0 Å². The van der Waals surface area contributed by atoms with Crippen LogP contribution in [0.3, 0.4) is 0 Å². The second kappa shape index (κ2) is 7.05. The van der Waals surface area contributed by atoms with Crippen LogP contribution in [0, 0.1) is 11.3 Å². The van der Waals surface area contributed by atoms with Crippen LogP contribution >= 0.6 is 15.9 Å². The molecule has 5 heteroatoms. The predicted octanol–water partition coefficient (Wildman–Crippen LogP) is 2.69. The molecule has 0 saturated heterocycles. The van der Waals surface area contributed by atoms with E-state index < -0.39 is 0 Å². The average Bonchev–Trinajstić information content (AvgIpc) is 2.32. The highest BCUT2D eigenvalue weighted by Crippen LogP contribution is 2.20. The van der Waals surface area contributed by atoms with Gasteiger partial charge in [0.15, 0.2) is 0 Å². The Morgan fingerprint density at radius 1 is 1.59 bits per heavy atom. The number of halogens is 1. The summed E-state index contributed by atoms with van der Waals surface area (Å²) in [5, 5.41) is 11.6. The Balaban J connectivity index is 2.62. The van der Waals surface area contributed by atoms with Crippen molar-refractivity contribution in [3.8, 4) is 6.07 Å². The predicted molar refractivity (Wildman–Crippen MR) is 68.6 cm³/mol. The van der Waals surface area contributed by atoms with Crippen molar-refractivity contribution in [3.63, 3.8) is 0 Å². The lowest BCUT2D eigenvalue weighted by molar-refractivity contribution is -0.116. The number of nitrogens with one attached hydrogen (secondary N) is 1. The van der Waals surface area contributed by atoms with E-state index in [0.717, 1.165) is 4.47 Å². The standard InChI is InChI=1S/C12H13BrN2O2/c1-17-6-2-3-12(16)15-11-5-4-10(13)7-9(11)8-14/h4-5,7H,2-3,6H2,1H3,(H,15,16). The SMILES string of the molecule is COCCCC(=O)Nc1ccc(Br)cc1C#N. The minimum Gasteiger partial charge on any atom is -0.385 e. The summed E-state index contributed by atoms with van der Waals surface area (Å²) in [6, 6.07) is 7.20. The number of nitrogens with zero attached hydrogens (tertiary/aromatic N) is 1. The molecule has 90 valence electrons. The third-order valence-electron chi connectivity index (χ3n) is 2.13. The van der Waals surface area contributed by atoms with Crippen molar-refractivity contribution in [3.05, 3.63) is 28.2 Å². The Labute approximate surface area is 109 Å². The molecule has 0 aliphatic rings. The fourth-order valence-electron chi connectivity index (χ4n) is 1.31. The number of hydrogen-bond acceptors (Lipinski definition) is 3. The summed E-state index contributed by atoms with van der Waals surface area (Å²) in [5.41, 5.74) is 0.984. The smallest absolute Gasteiger partial charge is 0.224 e. The van der Waals surface area contributed by atoms with Crippen LogP contribution in [0.5, 0.6) is 0 Å². The molecular weight excluding hydrogens is 284 g/mol. The van der Waals surface area contributed by atoms with Gasteiger partial charge in [0.2, 0.25) is 5.91 Å². The fourth-order valence-corrected chi connectivity index (χ4v) is 1.67. The molecule has 0 bridgehead atoms. The van der Waals surface area contributed by atoms with Gasteiger partial charge in [0, 0.05) is 24.6 Å². The molecule has 0 aliphatic carbocycles. The summed E-state index contributed by atoms with van der Waals surface area (Å²) in [6.07, 6.45) is 1.05. The van der Waals surface area contributed by atoms with E-state index in [1.54, 1.807) is 25.3 Å². The van der Waals surface area contributed by atoms with Crippen LogP contribution in [0.1, 0.15) is 18.4 Å². The van der Waals surface area contributed by atoms with Gasteiger partial charge in [-0.2, -0.15) is 5.26 Å². The zero-order valence-electron chi connectivity index (χ0n) is 9.50. The molecule has 0 radical (unpaired) electrons. The first-order valence-electron chi connectivity index (χ1n) is 5.16. The van der Waals surface area contributed by atoms with Crippen LogP contribution in [0.25, 0.3) is 0 Å². The largest absolute Gasteiger partial charge is 0.385 e. The van der Waals surface area contributed by atoms with E-state index in [9.17, 15) is 4.79 Å². The molecule has 0 heterocycles. The van der Waals surface area contributed by atoms with E-state index >= 15 is 0 Å². The highest BCUT2D eigenvalue weighted by molar-refractivity contribution is 9.10. The summed E-state index contributed by atoms with van der Waals surface area (Å²) in [7, 11) is 1.60. The second-order valence-electron chi connectivity index (χ2n) is 3.45. The Kier molecular flexibility index (Phi) is 5.67. The lowest BCUT2D eigenvalue weighted by Crippen LogP contribution is -2.13. The first kappa shape index (κ1) is 13.7. The van der Waals surface area contributed by atoms with Crippen LogP contribution in [0.4, 0.5) is 5.69 Å². The summed E-state index contributed by atoms with van der Waals surface area (Å²) >= 11 is 3.27. The van der Waals surface area contributed by atoms with Crippen LogP contribution in [-0.2, 0) is 9.53 Å². The van der Waals surface area contributed by atoms with Gasteiger partial charge in [-0.05, 0) is 24.6 Å². The van der Waals surface area contributed by atoms with Gasteiger partial charge in [-0.1, -0.05) is 15.9 Å². The third-order valence-corrected chi connectivity index (χ3v) is 2.62. The van der Waals surface area contributed by atoms with E-state index in [-0.39, 0.29) is 5.91 Å². The number of methoxy groups -OCH3 is 1. The van der Waals surface area contributed by atoms with Crippen molar-refractivity contribution in [1.29, 1.82) is 5.26 Å². The van der Waals surface area contributed by atoms with Crippen LogP contribution in [-0.4, -0.2) is 19.6 Å². The fraction of sp³-hybridized carbons (Fsp3) is 0.333. The first-order valence-corrected chi connectivity index (χ1v) is 5.95. The molecule has 17 heavy (non-hydrogen) atoms. The quantitative estimate of drug-likeness (QED) is 0.850. The number of carbonyl (C=O) groups excluding carboxylic acids is 1. The van der Waals surface area contributed by atoms with Gasteiger partial charge in [0.25, 0.3) is 0 Å². The highest BCUT2D eigenvalue weighted by Gasteiger charge is 2.06. The van der Waals surface area contributed by atoms with Gasteiger partial charge < -0.3 is 10.1 Å². The van der Waals surface area contributed by atoms with Crippen LogP contribution in [0.2, 0.25) is 0 Å². The Bertz CT molecular complexity index is 441. The van der Waals surface area contributed by atoms with Gasteiger partial charge in [0.1, 0.15) is 6.07 Å². The lowest BCUT2D eigenvalue weighted by Gasteiger charge is -2.07. The zero-order valence-corrected chi connectivity index (χ0v) is 11.1. The number of benzene rings is 1. The number of amides is 1. The van der Waals surface area contributed by atoms with Gasteiger partial charge in [-0.3, -0.25) is 4.79 Å². The summed E-state index contributed by atoms with van der Waals surface area (Å²) < 4.78 is 5.68. The maximum atomic E-state index is 11.6. The first-order chi connectivity index (χ1) is 8.17. The molecule has 1 aromatic carbocycles. The third kappa shape index (κ3) is 4.55. The maximum absolute atomic E-state index is 11.6. The molecule has 0 fully saturated rings. The summed E-state index contributed by atoms with van der Waals surface area (Å²) in [4.78, 5) is 11.6. The molecule has 0 aliphatic heterocycles. The maximum Gasteiger partial charge on any atom is 0.224 e. The van der Waals surface area contributed by atoms with E-state index in [4.69, 9.17) is 10.00 Å². The molecule has 0 unspecified atom stereocenters. The molecule has 1 N–H and O–H groups in total. The molecule has 0 saturated carbocycles. The van der Waals surface area contributed by atoms with Gasteiger partial charge in [-0.25, -0.2) is 0 Å². The van der Waals surface area contributed by atoms with E-state index in [2.05, 4.69) is 21.2 Å². The van der Waals surface area contributed by atoms with Crippen molar-refractivity contribution >= 4 is 27.5 Å². The Morgan fingerprint density at radius 2 is 2.35 bits per heavy atom. The van der Waals surface area contributed by atoms with Crippen molar-refractivity contribution in [1.82, 2.24) is 0 Å². The lowest BCUT2D eigenvalue weighted by atomic mass is 10.2. The summed E-state index contributed by atoms with van der Waals surface area (Å²) in [6.45, 7) is 0.554. The Hall–Kier alpha value is -1.38. The van der Waals surface area contributed by atoms with Gasteiger partial charge in [0.05, 0.1) is 11.3 Å². The molecule has 4 nitrogen and oxygen atoms in total. The monoisotopic (exact) mass is 296 g/mol. The minimum absolute atomic E-state index is 0.110. The van der Waals surface area contributed by atoms with E-state index in [0.29, 0.717) is 30.7 Å². The Morgan fingerprint density at radius 3 is 3.00 bits per heavy atom. The number of hydrogen-bond donors (Lipinski definition) is 1. The number of anilines is 1.